The molecule has 1 aromatic rings. The molecular weight excluding hydrogens is 168 g/mol. The Hall–Kier alpha value is -1.32. The molecule has 1 aliphatic rings. The fourth-order valence-electron chi connectivity index (χ4n) is 1.58. The fourth-order valence-corrected chi connectivity index (χ4v) is 1.58. The van der Waals surface area contributed by atoms with E-state index in [1.807, 2.05) is 0 Å². The molecule has 68 valence electrons. The van der Waals surface area contributed by atoms with Crippen LogP contribution in [0.5, 0.6) is 5.75 Å². The smallest absolute Gasteiger partial charge is 0.197 e. The molecule has 0 radical (unpaired) electrons. The van der Waals surface area contributed by atoms with Gasteiger partial charge in [-0.05, 0) is 11.6 Å². The molecule has 0 atom stereocenters. The van der Waals surface area contributed by atoms with Gasteiger partial charge in [0.05, 0.1) is 5.56 Å². The van der Waals surface area contributed by atoms with Crippen molar-refractivity contribution in [2.75, 3.05) is 0 Å². The van der Waals surface area contributed by atoms with Gasteiger partial charge in [0.1, 0.15) is 5.75 Å². The first kappa shape index (κ1) is 8.29. The Morgan fingerprint density at radius 2 is 2.00 bits per heavy atom. The van der Waals surface area contributed by atoms with Crippen molar-refractivity contribution in [3.8, 4) is 5.75 Å². The van der Waals surface area contributed by atoms with Gasteiger partial charge in [0.15, 0.2) is 5.79 Å². The molecule has 0 aromatic heterocycles. The summed E-state index contributed by atoms with van der Waals surface area (Å²) < 4.78 is 0. The van der Waals surface area contributed by atoms with E-state index in [0.717, 1.165) is 0 Å². The zero-order valence-electron chi connectivity index (χ0n) is 6.94. The van der Waals surface area contributed by atoms with Gasteiger partial charge in [-0.25, -0.2) is 0 Å². The van der Waals surface area contributed by atoms with Crippen molar-refractivity contribution in [2.24, 2.45) is 0 Å². The highest BCUT2D eigenvalue weighted by molar-refractivity contribution is 5.61. The quantitative estimate of drug-likeness (QED) is 0.518. The number of rotatable bonds is 0. The molecule has 0 heterocycles. The monoisotopic (exact) mass is 178 g/mol. The molecule has 3 heteroatoms. The molecule has 3 nitrogen and oxygen atoms in total. The van der Waals surface area contributed by atoms with Gasteiger partial charge in [-0.3, -0.25) is 0 Å². The van der Waals surface area contributed by atoms with Gasteiger partial charge in [-0.15, -0.1) is 0 Å². The maximum atomic E-state index is 9.55. The van der Waals surface area contributed by atoms with Crippen LogP contribution in [0.3, 0.4) is 0 Å². The number of phenolic OH excluding ortho intramolecular Hbond substituents is 1. The highest BCUT2D eigenvalue weighted by atomic mass is 16.5. The van der Waals surface area contributed by atoms with E-state index in [4.69, 9.17) is 0 Å². The number of phenols is 1. The molecule has 3 N–H and O–H groups in total. The van der Waals surface area contributed by atoms with E-state index >= 15 is 0 Å². The van der Waals surface area contributed by atoms with Crippen LogP contribution in [0, 0.1) is 0 Å². The third-order valence-electron chi connectivity index (χ3n) is 2.17. The Kier molecular flexibility index (Phi) is 1.65. The van der Waals surface area contributed by atoms with Crippen molar-refractivity contribution in [1.29, 1.82) is 0 Å². The topological polar surface area (TPSA) is 60.7 Å². The first-order valence-corrected chi connectivity index (χ1v) is 4.05. The molecule has 0 spiro atoms. The minimum absolute atomic E-state index is 0.0770. The van der Waals surface area contributed by atoms with Gasteiger partial charge in [0.2, 0.25) is 0 Å². The highest BCUT2D eigenvalue weighted by Crippen LogP contribution is 2.36. The second kappa shape index (κ2) is 2.58. The molecule has 0 aliphatic heterocycles. The van der Waals surface area contributed by atoms with Gasteiger partial charge in [-0.1, -0.05) is 24.3 Å². The SMILES string of the molecule is Oc1cccc2c1C(O)(O)CC=C2. The maximum Gasteiger partial charge on any atom is 0.197 e. The van der Waals surface area contributed by atoms with Gasteiger partial charge in [0, 0.05) is 6.42 Å². The average Bonchev–Trinajstić information content (AvgIpc) is 2.02. The Morgan fingerprint density at radius 3 is 2.69 bits per heavy atom. The van der Waals surface area contributed by atoms with Gasteiger partial charge < -0.3 is 15.3 Å². The summed E-state index contributed by atoms with van der Waals surface area (Å²) in [5, 5.41) is 28.5. The Bertz CT molecular complexity index is 366. The van der Waals surface area contributed by atoms with Crippen molar-refractivity contribution in [3.63, 3.8) is 0 Å². The lowest BCUT2D eigenvalue weighted by atomic mass is 9.91. The summed E-state index contributed by atoms with van der Waals surface area (Å²) in [6, 6.07) is 4.84. The maximum absolute atomic E-state index is 9.55. The average molecular weight is 178 g/mol. The van der Waals surface area contributed by atoms with E-state index in [1.165, 1.54) is 6.07 Å². The van der Waals surface area contributed by atoms with Crippen molar-refractivity contribution in [2.45, 2.75) is 12.2 Å². The highest BCUT2D eigenvalue weighted by Gasteiger charge is 2.31. The predicted octanol–water partition coefficient (Wildman–Crippen LogP) is 0.947. The van der Waals surface area contributed by atoms with E-state index in [2.05, 4.69) is 0 Å². The third-order valence-corrected chi connectivity index (χ3v) is 2.17. The molecule has 1 aromatic carbocycles. The van der Waals surface area contributed by atoms with Gasteiger partial charge in [-0.2, -0.15) is 0 Å². The first-order valence-electron chi connectivity index (χ1n) is 4.05. The zero-order chi connectivity index (χ0) is 9.47. The summed E-state index contributed by atoms with van der Waals surface area (Å²) in [7, 11) is 0. The summed E-state index contributed by atoms with van der Waals surface area (Å²) in [4.78, 5) is 0. The molecule has 2 rings (SSSR count). The van der Waals surface area contributed by atoms with Crippen LogP contribution in [0.15, 0.2) is 24.3 Å². The number of benzene rings is 1. The van der Waals surface area contributed by atoms with E-state index in [1.54, 1.807) is 24.3 Å². The number of aromatic hydroxyl groups is 1. The number of aliphatic hydroxyl groups is 2. The first-order chi connectivity index (χ1) is 6.11. The fraction of sp³-hybridized carbons (Fsp3) is 0.200. The van der Waals surface area contributed by atoms with Crippen molar-refractivity contribution < 1.29 is 15.3 Å². The normalized spacial score (nSPS) is 18.3. The Morgan fingerprint density at radius 1 is 1.23 bits per heavy atom. The van der Waals surface area contributed by atoms with Crippen molar-refractivity contribution in [3.05, 3.63) is 35.4 Å². The summed E-state index contributed by atoms with van der Waals surface area (Å²) in [6.45, 7) is 0. The molecule has 0 amide bonds. The zero-order valence-corrected chi connectivity index (χ0v) is 6.94. The lowest BCUT2D eigenvalue weighted by Crippen LogP contribution is -2.27. The lowest BCUT2D eigenvalue weighted by molar-refractivity contribution is -0.167. The van der Waals surface area contributed by atoms with Crippen molar-refractivity contribution >= 4 is 6.08 Å². The van der Waals surface area contributed by atoms with Crippen LogP contribution in [0.1, 0.15) is 17.5 Å². The number of hydrogen-bond acceptors (Lipinski definition) is 3. The molecule has 0 bridgehead atoms. The third kappa shape index (κ3) is 1.22. The van der Waals surface area contributed by atoms with Crippen LogP contribution in [-0.4, -0.2) is 15.3 Å². The summed E-state index contributed by atoms with van der Waals surface area (Å²) in [5.74, 6) is -2.01. The van der Waals surface area contributed by atoms with Gasteiger partial charge >= 0.3 is 0 Å². The van der Waals surface area contributed by atoms with Crippen LogP contribution >= 0.6 is 0 Å². The summed E-state index contributed by atoms with van der Waals surface area (Å²) in [5.41, 5.74) is 0.841. The molecule has 0 unspecified atom stereocenters. The van der Waals surface area contributed by atoms with E-state index in [9.17, 15) is 15.3 Å². The molecule has 0 saturated heterocycles. The second-order valence-corrected chi connectivity index (χ2v) is 3.16. The lowest BCUT2D eigenvalue weighted by Gasteiger charge is -2.26. The van der Waals surface area contributed by atoms with E-state index in [-0.39, 0.29) is 17.7 Å². The van der Waals surface area contributed by atoms with E-state index in [0.29, 0.717) is 5.56 Å². The molecule has 13 heavy (non-hydrogen) atoms. The van der Waals surface area contributed by atoms with Crippen LogP contribution in [-0.2, 0) is 5.79 Å². The van der Waals surface area contributed by atoms with Gasteiger partial charge in [0.25, 0.3) is 0 Å². The predicted molar refractivity (Wildman–Crippen MR) is 47.9 cm³/mol. The van der Waals surface area contributed by atoms with Crippen LogP contribution in [0.25, 0.3) is 6.08 Å². The standard InChI is InChI=1S/C10H10O3/c11-8-5-1-3-7-4-2-6-10(12,13)9(7)8/h1-5,11-13H,6H2. The van der Waals surface area contributed by atoms with E-state index < -0.39 is 5.79 Å². The van der Waals surface area contributed by atoms with Crippen LogP contribution < -0.4 is 0 Å². The molecule has 1 aliphatic carbocycles. The van der Waals surface area contributed by atoms with Crippen molar-refractivity contribution in [1.82, 2.24) is 0 Å². The van der Waals surface area contributed by atoms with Crippen LogP contribution in [0.2, 0.25) is 0 Å². The molecule has 0 fully saturated rings. The Balaban J connectivity index is 2.69. The Labute approximate surface area is 75.6 Å². The van der Waals surface area contributed by atoms with Crippen LogP contribution in [0.4, 0.5) is 0 Å². The number of hydrogen-bond donors (Lipinski definition) is 3. The minimum Gasteiger partial charge on any atom is -0.507 e. The summed E-state index contributed by atoms with van der Waals surface area (Å²) >= 11 is 0. The largest absolute Gasteiger partial charge is 0.507 e. The second-order valence-electron chi connectivity index (χ2n) is 3.16. The molecule has 0 saturated carbocycles. The minimum atomic E-state index is -1.94. The summed E-state index contributed by atoms with van der Waals surface area (Å²) in [6.07, 6.45) is 3.54. The number of fused-ring (bicyclic) bond motifs is 1. The molecular formula is C10H10O3.